The molecule has 0 aliphatic carbocycles. The third-order valence-electron chi connectivity index (χ3n) is 2.43. The average Bonchev–Trinajstić information content (AvgIpc) is 2.78. The van der Waals surface area contributed by atoms with Crippen LogP contribution in [0.15, 0.2) is 23.6 Å². The standard InChI is InChI=1S/C11H10N2S/c1-8-9(7-12)6-10(13(8)2)11-4-3-5-14-11/h3-6H,1-2H3. The van der Waals surface area contributed by atoms with Crippen molar-refractivity contribution >= 4 is 11.3 Å². The first kappa shape index (κ1) is 9.04. The van der Waals surface area contributed by atoms with E-state index in [0.29, 0.717) is 0 Å². The SMILES string of the molecule is Cc1c(C#N)cc(-c2cccs2)n1C. The Bertz CT molecular complexity index is 486. The number of thiophene rings is 1. The topological polar surface area (TPSA) is 28.7 Å². The first-order valence-corrected chi connectivity index (χ1v) is 5.22. The fraction of sp³-hybridized carbons (Fsp3) is 0.182. The molecule has 2 nitrogen and oxygen atoms in total. The molecule has 2 heterocycles. The highest BCUT2D eigenvalue weighted by Gasteiger charge is 2.10. The molecule has 0 N–H and O–H groups in total. The van der Waals surface area contributed by atoms with Gasteiger partial charge in [-0.15, -0.1) is 11.3 Å². The maximum Gasteiger partial charge on any atom is 0.101 e. The fourth-order valence-corrected chi connectivity index (χ4v) is 2.25. The Morgan fingerprint density at radius 3 is 2.79 bits per heavy atom. The zero-order valence-corrected chi connectivity index (χ0v) is 8.93. The highest BCUT2D eigenvalue weighted by atomic mass is 32.1. The summed E-state index contributed by atoms with van der Waals surface area (Å²) >= 11 is 1.69. The number of aromatic nitrogens is 1. The fourth-order valence-electron chi connectivity index (χ4n) is 1.47. The van der Waals surface area contributed by atoms with E-state index in [1.54, 1.807) is 11.3 Å². The van der Waals surface area contributed by atoms with Gasteiger partial charge in [0.2, 0.25) is 0 Å². The molecule has 0 unspecified atom stereocenters. The molecular formula is C11H10N2S. The van der Waals surface area contributed by atoms with Crippen molar-refractivity contribution < 1.29 is 0 Å². The van der Waals surface area contributed by atoms with Gasteiger partial charge in [-0.2, -0.15) is 5.26 Å². The van der Waals surface area contributed by atoms with Crippen LogP contribution in [0.3, 0.4) is 0 Å². The van der Waals surface area contributed by atoms with E-state index in [9.17, 15) is 0 Å². The molecule has 0 spiro atoms. The normalized spacial score (nSPS) is 10.1. The van der Waals surface area contributed by atoms with Crippen LogP contribution < -0.4 is 0 Å². The Balaban J connectivity index is 2.62. The Kier molecular flexibility index (Phi) is 2.14. The molecule has 3 heteroatoms. The number of hydrogen-bond acceptors (Lipinski definition) is 2. The molecule has 0 atom stereocenters. The summed E-state index contributed by atoms with van der Waals surface area (Å²) in [5.74, 6) is 0. The largest absolute Gasteiger partial charge is 0.346 e. The molecule has 0 amide bonds. The lowest BCUT2D eigenvalue weighted by molar-refractivity contribution is 0.891. The summed E-state index contributed by atoms with van der Waals surface area (Å²) in [7, 11) is 1.99. The van der Waals surface area contributed by atoms with Gasteiger partial charge in [0.05, 0.1) is 16.1 Å². The summed E-state index contributed by atoms with van der Waals surface area (Å²) in [6.07, 6.45) is 0. The predicted octanol–water partition coefficient (Wildman–Crippen LogP) is 2.93. The van der Waals surface area contributed by atoms with Crippen LogP contribution in [0.1, 0.15) is 11.3 Å². The lowest BCUT2D eigenvalue weighted by Gasteiger charge is -2.01. The monoisotopic (exact) mass is 202 g/mol. The van der Waals surface area contributed by atoms with E-state index >= 15 is 0 Å². The van der Waals surface area contributed by atoms with E-state index in [1.807, 2.05) is 31.5 Å². The van der Waals surface area contributed by atoms with E-state index < -0.39 is 0 Å². The van der Waals surface area contributed by atoms with E-state index in [1.165, 1.54) is 4.88 Å². The van der Waals surface area contributed by atoms with Crippen LogP contribution in [0, 0.1) is 18.3 Å². The third kappa shape index (κ3) is 1.24. The Morgan fingerprint density at radius 1 is 1.50 bits per heavy atom. The highest BCUT2D eigenvalue weighted by molar-refractivity contribution is 7.13. The summed E-state index contributed by atoms with van der Waals surface area (Å²) in [5.41, 5.74) is 2.90. The molecule has 2 aromatic heterocycles. The maximum atomic E-state index is 8.89. The van der Waals surface area contributed by atoms with Gasteiger partial charge in [-0.3, -0.25) is 0 Å². The molecular weight excluding hydrogens is 192 g/mol. The molecule has 0 aromatic carbocycles. The second-order valence-corrected chi connectivity index (χ2v) is 4.12. The third-order valence-corrected chi connectivity index (χ3v) is 3.32. The minimum absolute atomic E-state index is 0.760. The molecule has 14 heavy (non-hydrogen) atoms. The second-order valence-electron chi connectivity index (χ2n) is 3.18. The molecule has 0 saturated carbocycles. The van der Waals surface area contributed by atoms with E-state index in [4.69, 9.17) is 5.26 Å². The average molecular weight is 202 g/mol. The molecule has 0 fully saturated rings. The smallest absolute Gasteiger partial charge is 0.101 e. The number of rotatable bonds is 1. The van der Waals surface area contributed by atoms with Crippen molar-refractivity contribution in [1.29, 1.82) is 5.26 Å². The minimum Gasteiger partial charge on any atom is -0.346 e. The van der Waals surface area contributed by atoms with Crippen LogP contribution >= 0.6 is 11.3 Å². The van der Waals surface area contributed by atoms with Gasteiger partial charge in [0.15, 0.2) is 0 Å². The van der Waals surface area contributed by atoms with Crippen molar-refractivity contribution in [2.45, 2.75) is 6.92 Å². The van der Waals surface area contributed by atoms with E-state index in [2.05, 4.69) is 16.7 Å². The quantitative estimate of drug-likeness (QED) is 0.699. The van der Waals surface area contributed by atoms with Gasteiger partial charge in [0.25, 0.3) is 0 Å². The van der Waals surface area contributed by atoms with Crippen LogP contribution in [-0.2, 0) is 7.05 Å². The lowest BCUT2D eigenvalue weighted by atomic mass is 10.2. The summed E-state index contributed by atoms with van der Waals surface area (Å²) in [4.78, 5) is 1.21. The molecule has 0 bridgehead atoms. The van der Waals surface area contributed by atoms with Gasteiger partial charge < -0.3 is 4.57 Å². The summed E-state index contributed by atoms with van der Waals surface area (Å²) in [6, 6.07) is 8.24. The predicted molar refractivity (Wildman–Crippen MR) is 58.2 cm³/mol. The van der Waals surface area contributed by atoms with E-state index in [-0.39, 0.29) is 0 Å². The molecule has 0 saturated heterocycles. The Labute approximate surface area is 87.0 Å². The van der Waals surface area contributed by atoms with Crippen molar-refractivity contribution in [2.24, 2.45) is 7.05 Å². The van der Waals surface area contributed by atoms with Crippen molar-refractivity contribution in [3.63, 3.8) is 0 Å². The zero-order chi connectivity index (χ0) is 10.1. The Morgan fingerprint density at radius 2 is 2.29 bits per heavy atom. The molecule has 0 aliphatic rings. The molecule has 0 radical (unpaired) electrons. The highest BCUT2D eigenvalue weighted by Crippen LogP contribution is 2.27. The zero-order valence-electron chi connectivity index (χ0n) is 8.11. The van der Waals surface area contributed by atoms with E-state index in [0.717, 1.165) is 17.0 Å². The summed E-state index contributed by atoms with van der Waals surface area (Å²) < 4.78 is 2.06. The van der Waals surface area contributed by atoms with Gasteiger partial charge in [-0.25, -0.2) is 0 Å². The van der Waals surface area contributed by atoms with Gasteiger partial charge >= 0.3 is 0 Å². The van der Waals surface area contributed by atoms with Crippen LogP contribution in [0.25, 0.3) is 10.6 Å². The van der Waals surface area contributed by atoms with Crippen LogP contribution in [0.2, 0.25) is 0 Å². The van der Waals surface area contributed by atoms with Crippen molar-refractivity contribution in [1.82, 2.24) is 4.57 Å². The Hall–Kier alpha value is -1.53. The van der Waals surface area contributed by atoms with Crippen LogP contribution in [0.5, 0.6) is 0 Å². The first-order chi connectivity index (χ1) is 6.74. The number of nitriles is 1. The minimum atomic E-state index is 0.760. The first-order valence-electron chi connectivity index (χ1n) is 4.34. The van der Waals surface area contributed by atoms with Crippen molar-refractivity contribution in [3.05, 3.63) is 34.8 Å². The summed E-state index contributed by atoms with van der Waals surface area (Å²) in [5, 5.41) is 10.9. The van der Waals surface area contributed by atoms with Gasteiger partial charge in [0, 0.05) is 12.7 Å². The van der Waals surface area contributed by atoms with Crippen molar-refractivity contribution in [3.8, 4) is 16.6 Å². The van der Waals surface area contributed by atoms with Gasteiger partial charge in [0.1, 0.15) is 6.07 Å². The lowest BCUT2D eigenvalue weighted by Crippen LogP contribution is -1.92. The second kappa shape index (κ2) is 3.32. The van der Waals surface area contributed by atoms with Gasteiger partial charge in [-0.05, 0) is 24.4 Å². The summed E-state index contributed by atoms with van der Waals surface area (Å²) in [6.45, 7) is 1.97. The molecule has 70 valence electrons. The molecule has 2 rings (SSSR count). The molecule has 0 aliphatic heterocycles. The number of hydrogen-bond donors (Lipinski definition) is 0. The van der Waals surface area contributed by atoms with Crippen LogP contribution in [-0.4, -0.2) is 4.57 Å². The van der Waals surface area contributed by atoms with Crippen LogP contribution in [0.4, 0.5) is 0 Å². The van der Waals surface area contributed by atoms with Crippen molar-refractivity contribution in [2.75, 3.05) is 0 Å². The van der Waals surface area contributed by atoms with Gasteiger partial charge in [-0.1, -0.05) is 6.07 Å². The number of nitrogens with zero attached hydrogens (tertiary/aromatic N) is 2. The maximum absolute atomic E-state index is 8.89. The molecule has 2 aromatic rings.